The van der Waals surface area contributed by atoms with Crippen LogP contribution in [0.2, 0.25) is 0 Å². The van der Waals surface area contributed by atoms with Gasteiger partial charge in [-0.05, 0) is 60.7 Å². The minimum atomic E-state index is 1.21. The smallest absolute Gasteiger partial charge is 0.0530 e. The van der Waals surface area contributed by atoms with Crippen molar-refractivity contribution >= 4 is 45.3 Å². The molecule has 1 aliphatic rings. The molecule has 0 fully saturated rings. The zero-order valence-electron chi connectivity index (χ0n) is 16.3. The number of hydrogen-bond acceptors (Lipinski definition) is 4. The zero-order chi connectivity index (χ0) is 19.1. The quantitative estimate of drug-likeness (QED) is 0.250. The molecule has 0 aromatic carbocycles. The van der Waals surface area contributed by atoms with Gasteiger partial charge in [0.15, 0.2) is 0 Å². The Hall–Kier alpha value is -1.20. The second kappa shape index (κ2) is 7.91. The molecule has 0 saturated heterocycles. The van der Waals surface area contributed by atoms with Crippen LogP contribution in [0.15, 0.2) is 35.0 Å². The third-order valence-electron chi connectivity index (χ3n) is 5.44. The van der Waals surface area contributed by atoms with Gasteiger partial charge in [0, 0.05) is 30.6 Å². The summed E-state index contributed by atoms with van der Waals surface area (Å²) in [5.74, 6) is 0. The lowest BCUT2D eigenvalue weighted by molar-refractivity contribution is 0.804. The molecule has 0 N–H and O–H groups in total. The van der Waals surface area contributed by atoms with E-state index < -0.39 is 0 Å². The fraction of sp³-hybridized carbons (Fsp3) is 0.333. The first kappa shape index (κ1) is 18.8. The molecule has 0 atom stereocenters. The fourth-order valence-electron chi connectivity index (χ4n) is 3.96. The molecule has 0 radical (unpaired) electrons. The highest BCUT2D eigenvalue weighted by Crippen LogP contribution is 2.27. The molecule has 144 valence electrons. The Morgan fingerprint density at radius 2 is 1.07 bits per heavy atom. The maximum absolute atomic E-state index is 2.50. The van der Waals surface area contributed by atoms with E-state index in [0.717, 1.165) is 0 Å². The minimum absolute atomic E-state index is 1.21. The number of thiophene rings is 4. The van der Waals surface area contributed by atoms with Crippen LogP contribution in [-0.2, 0) is 12.8 Å². The van der Waals surface area contributed by atoms with Crippen molar-refractivity contribution in [1.29, 1.82) is 0 Å². The van der Waals surface area contributed by atoms with Gasteiger partial charge in [-0.25, -0.2) is 0 Å². The van der Waals surface area contributed by atoms with E-state index in [1.807, 2.05) is 45.3 Å². The van der Waals surface area contributed by atoms with Crippen molar-refractivity contribution in [3.05, 3.63) is 83.8 Å². The molecule has 4 heteroatoms. The maximum atomic E-state index is 2.50. The summed E-state index contributed by atoms with van der Waals surface area (Å²) in [6, 6.07) is 9.68. The van der Waals surface area contributed by atoms with Crippen LogP contribution >= 0.6 is 45.3 Å². The van der Waals surface area contributed by atoms with Gasteiger partial charge in [-0.15, -0.1) is 45.3 Å². The van der Waals surface area contributed by atoms with E-state index in [9.17, 15) is 0 Å². The van der Waals surface area contributed by atoms with Gasteiger partial charge in [-0.2, -0.15) is 0 Å². The average molecular weight is 441 g/mol. The monoisotopic (exact) mass is 440 g/mol. The fourth-order valence-corrected chi connectivity index (χ4v) is 8.56. The summed E-state index contributed by atoms with van der Waals surface area (Å²) < 4.78 is 5.92. The highest BCUT2D eigenvalue weighted by atomic mass is 32.1. The molecule has 0 aliphatic heterocycles. The summed E-state index contributed by atoms with van der Waals surface area (Å²) in [5.41, 5.74) is 0. The number of fused-ring (bicyclic) bond motifs is 4. The van der Waals surface area contributed by atoms with Gasteiger partial charge < -0.3 is 0 Å². The van der Waals surface area contributed by atoms with E-state index in [4.69, 9.17) is 0 Å². The molecule has 0 amide bonds. The number of hydrogen-bond donors (Lipinski definition) is 0. The van der Waals surface area contributed by atoms with Crippen molar-refractivity contribution in [1.82, 2.24) is 0 Å². The largest absolute Gasteiger partial charge is 0.142 e. The lowest BCUT2D eigenvalue weighted by Gasteiger charge is -1.91. The Morgan fingerprint density at radius 3 is 1.50 bits per heavy atom. The van der Waals surface area contributed by atoms with Gasteiger partial charge in [0.05, 0.1) is 18.1 Å². The standard InChI is InChI=1S/C24H24S4/c1-3-5-7-15-13-19-17-9-11-25-21(17)22-18(10-12-26-22)20-14-16(8-6-4-2)28-24(20)23(19)27-15/h9-14H,3-8H2,1-2H3/b19-17-,20-18-,22-21-,24-23-. The first-order valence-electron chi connectivity index (χ1n) is 10.2. The second-order valence-electron chi connectivity index (χ2n) is 7.44. The van der Waals surface area contributed by atoms with Gasteiger partial charge in [0.1, 0.15) is 0 Å². The summed E-state index contributed by atoms with van der Waals surface area (Å²) >= 11 is 7.88. The summed E-state index contributed by atoms with van der Waals surface area (Å²) in [6.07, 6.45) is 7.49. The SMILES string of the molecule is CCCCc1cc2/c(s1)=c1/sc(CCCC)c/c1=c1\ccs\c1=c1/scc/c1=2. The number of unbranched alkanes of at least 4 members (excludes halogenated alkanes) is 2. The van der Waals surface area contributed by atoms with Crippen molar-refractivity contribution in [2.24, 2.45) is 0 Å². The molecule has 4 heterocycles. The molecule has 0 saturated carbocycles. The van der Waals surface area contributed by atoms with Gasteiger partial charge in [-0.3, -0.25) is 0 Å². The molecule has 0 bridgehead atoms. The van der Waals surface area contributed by atoms with Gasteiger partial charge in [0.2, 0.25) is 0 Å². The first-order valence-corrected chi connectivity index (χ1v) is 13.6. The van der Waals surface area contributed by atoms with Crippen LogP contribution in [0.4, 0.5) is 0 Å². The Kier molecular flexibility index (Phi) is 5.31. The Bertz CT molecular complexity index is 1380. The predicted molar refractivity (Wildman–Crippen MR) is 125 cm³/mol. The second-order valence-corrected chi connectivity index (χ2v) is 11.6. The van der Waals surface area contributed by atoms with Crippen LogP contribution in [0.1, 0.15) is 49.3 Å². The van der Waals surface area contributed by atoms with Crippen LogP contribution in [-0.4, -0.2) is 0 Å². The van der Waals surface area contributed by atoms with Gasteiger partial charge in [0.25, 0.3) is 0 Å². The van der Waals surface area contributed by atoms with Crippen LogP contribution in [0, 0.1) is 39.0 Å². The maximum Gasteiger partial charge on any atom is 0.0530 e. The van der Waals surface area contributed by atoms with E-state index in [0.29, 0.717) is 0 Å². The third-order valence-corrected chi connectivity index (χ3v) is 9.99. The summed E-state index contributed by atoms with van der Waals surface area (Å²) in [5, 5.41) is 10.4. The molecule has 5 rings (SSSR count). The van der Waals surface area contributed by atoms with E-state index >= 15 is 0 Å². The molecule has 1 aliphatic carbocycles. The molecule has 4 aromatic rings. The lowest BCUT2D eigenvalue weighted by atomic mass is 10.2. The van der Waals surface area contributed by atoms with Crippen LogP contribution in [0.3, 0.4) is 0 Å². The van der Waals surface area contributed by atoms with Crippen molar-refractivity contribution < 1.29 is 0 Å². The van der Waals surface area contributed by atoms with Crippen molar-refractivity contribution in [2.45, 2.75) is 52.4 Å². The number of aryl methyl sites for hydroxylation is 2. The topological polar surface area (TPSA) is 0 Å². The Morgan fingerprint density at radius 1 is 0.607 bits per heavy atom. The first-order chi connectivity index (χ1) is 13.8. The Balaban J connectivity index is 2.04. The summed E-state index contributed by atoms with van der Waals surface area (Å²) in [6.45, 7) is 4.58. The number of rotatable bonds is 6. The molecule has 4 aromatic heterocycles. The van der Waals surface area contributed by atoms with E-state index in [1.54, 1.807) is 9.75 Å². The van der Waals surface area contributed by atoms with Crippen molar-refractivity contribution in [2.75, 3.05) is 0 Å². The van der Waals surface area contributed by atoms with E-state index in [1.165, 1.54) is 77.5 Å². The summed E-state index contributed by atoms with van der Waals surface area (Å²) in [7, 11) is 0. The van der Waals surface area contributed by atoms with Crippen LogP contribution < -0.4 is 0 Å². The molecule has 28 heavy (non-hydrogen) atoms. The van der Waals surface area contributed by atoms with Crippen LogP contribution in [0.5, 0.6) is 0 Å². The normalized spacial score (nSPS) is 17.2. The summed E-state index contributed by atoms with van der Waals surface area (Å²) in [4.78, 5) is 3.09. The molecule has 0 spiro atoms. The van der Waals surface area contributed by atoms with E-state index in [-0.39, 0.29) is 0 Å². The van der Waals surface area contributed by atoms with Crippen molar-refractivity contribution in [3.8, 4) is 0 Å². The zero-order valence-corrected chi connectivity index (χ0v) is 19.6. The highest BCUT2D eigenvalue weighted by molar-refractivity contribution is 7.13. The lowest BCUT2D eigenvalue weighted by Crippen LogP contribution is -1.78. The predicted octanol–water partition coefficient (Wildman–Crippen LogP) is 8.08. The van der Waals surface area contributed by atoms with Crippen LogP contribution in [0.25, 0.3) is 0 Å². The Labute approximate surface area is 180 Å². The van der Waals surface area contributed by atoms with E-state index in [2.05, 4.69) is 48.9 Å². The minimum Gasteiger partial charge on any atom is -0.142 e. The van der Waals surface area contributed by atoms with Gasteiger partial charge >= 0.3 is 0 Å². The van der Waals surface area contributed by atoms with Crippen molar-refractivity contribution in [3.63, 3.8) is 0 Å². The molecular weight excluding hydrogens is 417 g/mol. The highest BCUT2D eigenvalue weighted by Gasteiger charge is 2.08. The average Bonchev–Trinajstić information content (AvgIpc) is 3.47. The molecule has 0 unspecified atom stereocenters. The van der Waals surface area contributed by atoms with Gasteiger partial charge in [-0.1, -0.05) is 26.7 Å². The molecular formula is C24H24S4. The third kappa shape index (κ3) is 3.15. The molecule has 0 nitrogen and oxygen atoms in total.